The molecular weight excluding hydrogens is 391 g/mol. The van der Waals surface area contributed by atoms with Gasteiger partial charge in [0.25, 0.3) is 0 Å². The summed E-state index contributed by atoms with van der Waals surface area (Å²) in [6.45, 7) is -0.205. The highest BCUT2D eigenvalue weighted by molar-refractivity contribution is 6.04. The zero-order valence-electron chi connectivity index (χ0n) is 16.5. The summed E-state index contributed by atoms with van der Waals surface area (Å²) in [7, 11) is 0. The number of amides is 1. The molecule has 1 heterocycles. The molecular formula is C23H24F3N3O. The van der Waals surface area contributed by atoms with Gasteiger partial charge in [0.2, 0.25) is 5.91 Å². The molecule has 4 rings (SSSR count). The van der Waals surface area contributed by atoms with Gasteiger partial charge in [-0.25, -0.2) is 18.2 Å². The van der Waals surface area contributed by atoms with Gasteiger partial charge in [-0.2, -0.15) is 5.10 Å². The summed E-state index contributed by atoms with van der Waals surface area (Å²) < 4.78 is 43.0. The molecule has 1 saturated carbocycles. The molecule has 2 aromatic carbocycles. The van der Waals surface area contributed by atoms with Crippen molar-refractivity contribution in [2.75, 3.05) is 6.54 Å². The molecule has 0 bridgehead atoms. The van der Waals surface area contributed by atoms with Crippen LogP contribution < -0.4 is 5.73 Å². The van der Waals surface area contributed by atoms with Crippen LogP contribution in [-0.4, -0.2) is 29.3 Å². The van der Waals surface area contributed by atoms with Crippen molar-refractivity contribution in [3.63, 3.8) is 0 Å². The first-order valence-corrected chi connectivity index (χ1v) is 10.2. The van der Waals surface area contributed by atoms with Crippen molar-refractivity contribution in [2.24, 2.45) is 16.8 Å². The van der Waals surface area contributed by atoms with Gasteiger partial charge in [-0.3, -0.25) is 4.79 Å². The Kier molecular flexibility index (Phi) is 5.64. The summed E-state index contributed by atoms with van der Waals surface area (Å²) >= 11 is 0. The van der Waals surface area contributed by atoms with Crippen molar-refractivity contribution in [3.05, 3.63) is 71.3 Å². The van der Waals surface area contributed by atoms with Gasteiger partial charge in [0.15, 0.2) is 0 Å². The third-order valence-corrected chi connectivity index (χ3v) is 6.11. The third-order valence-electron chi connectivity index (χ3n) is 6.11. The van der Waals surface area contributed by atoms with Crippen molar-refractivity contribution < 1.29 is 18.0 Å². The monoisotopic (exact) mass is 415 g/mol. The van der Waals surface area contributed by atoms with E-state index in [1.165, 1.54) is 5.01 Å². The maximum atomic E-state index is 14.7. The van der Waals surface area contributed by atoms with Crippen molar-refractivity contribution in [2.45, 2.75) is 43.8 Å². The van der Waals surface area contributed by atoms with E-state index in [9.17, 15) is 18.0 Å². The minimum atomic E-state index is -1.38. The fraction of sp³-hybridized carbons (Fsp3) is 0.391. The first-order valence-electron chi connectivity index (χ1n) is 10.2. The molecule has 158 valence electrons. The molecule has 0 saturated heterocycles. The van der Waals surface area contributed by atoms with Crippen LogP contribution >= 0.6 is 0 Å². The Bertz CT molecular complexity index is 961. The van der Waals surface area contributed by atoms with Gasteiger partial charge in [0, 0.05) is 30.9 Å². The lowest BCUT2D eigenvalue weighted by Crippen LogP contribution is -2.49. The lowest BCUT2D eigenvalue weighted by molar-refractivity contribution is -0.145. The first kappa shape index (κ1) is 20.6. The number of carbonyl (C=O) groups excluding carboxylic acids is 1. The fourth-order valence-corrected chi connectivity index (χ4v) is 4.26. The number of rotatable bonds is 6. The Hall–Kier alpha value is -2.67. The molecule has 2 aromatic rings. The molecule has 1 unspecified atom stereocenters. The minimum absolute atomic E-state index is 0.0117. The van der Waals surface area contributed by atoms with Gasteiger partial charge >= 0.3 is 0 Å². The highest BCUT2D eigenvalue weighted by atomic mass is 19.1. The number of hydrogen-bond donors (Lipinski definition) is 1. The molecule has 1 amide bonds. The van der Waals surface area contributed by atoms with Gasteiger partial charge in [-0.05, 0) is 36.6 Å². The molecule has 1 fully saturated rings. The second-order valence-electron chi connectivity index (χ2n) is 8.06. The summed E-state index contributed by atoms with van der Waals surface area (Å²) in [5.74, 6) is -1.63. The number of carbonyl (C=O) groups is 1. The number of benzene rings is 2. The van der Waals surface area contributed by atoms with Crippen LogP contribution in [0.15, 0.2) is 53.6 Å². The Balaban J connectivity index is 1.84. The topological polar surface area (TPSA) is 58.7 Å². The average Bonchev–Trinajstić information content (AvgIpc) is 3.09. The molecule has 2 aliphatic rings. The standard InChI is InChI=1S/C23H24F3N3O/c24-17-9-10-20(26)19(11-17)21-13-23(12-18(25)14-27,16-7-2-1-3-8-16)29(28-21)22(30)15-5-4-6-15/h1-3,7-11,15,18H,4-6,12-14,27H2/t18?,23-/m0/s1. The Morgan fingerprint density at radius 3 is 2.57 bits per heavy atom. The van der Waals surface area contributed by atoms with Crippen LogP contribution in [0.1, 0.15) is 43.2 Å². The van der Waals surface area contributed by atoms with Gasteiger partial charge in [-0.15, -0.1) is 0 Å². The second-order valence-corrected chi connectivity index (χ2v) is 8.06. The van der Waals surface area contributed by atoms with E-state index in [-0.39, 0.29) is 42.5 Å². The van der Waals surface area contributed by atoms with Crippen LogP contribution in [0.25, 0.3) is 0 Å². The van der Waals surface area contributed by atoms with Crippen molar-refractivity contribution >= 4 is 11.6 Å². The Morgan fingerprint density at radius 2 is 1.93 bits per heavy atom. The lowest BCUT2D eigenvalue weighted by Gasteiger charge is -2.40. The molecule has 0 radical (unpaired) electrons. The van der Waals surface area contributed by atoms with Gasteiger partial charge in [0.1, 0.15) is 17.8 Å². The van der Waals surface area contributed by atoms with Crippen LogP contribution in [-0.2, 0) is 10.3 Å². The maximum Gasteiger partial charge on any atom is 0.246 e. The average molecular weight is 415 g/mol. The van der Waals surface area contributed by atoms with Crippen molar-refractivity contribution in [3.8, 4) is 0 Å². The SMILES string of the molecule is NCC(F)C[C@@]1(c2ccccc2)CC(c2cc(F)ccc2F)=NN1C(=O)C1CCC1. The van der Waals surface area contributed by atoms with Gasteiger partial charge in [0.05, 0.1) is 11.3 Å². The number of nitrogens with zero attached hydrogens (tertiary/aromatic N) is 2. The summed E-state index contributed by atoms with van der Waals surface area (Å²) in [6.07, 6.45) is 1.07. The van der Waals surface area contributed by atoms with Crippen molar-refractivity contribution in [1.29, 1.82) is 0 Å². The molecule has 30 heavy (non-hydrogen) atoms. The molecule has 2 atom stereocenters. The molecule has 0 aromatic heterocycles. The van der Waals surface area contributed by atoms with E-state index in [0.29, 0.717) is 5.56 Å². The third kappa shape index (κ3) is 3.62. The van der Waals surface area contributed by atoms with Crippen LogP contribution in [0, 0.1) is 17.6 Å². The summed E-state index contributed by atoms with van der Waals surface area (Å²) in [6, 6.07) is 12.2. The Labute approximate surface area is 173 Å². The maximum absolute atomic E-state index is 14.7. The Morgan fingerprint density at radius 1 is 1.20 bits per heavy atom. The number of hydrazone groups is 1. The summed E-state index contributed by atoms with van der Waals surface area (Å²) in [5, 5.41) is 5.79. The van der Waals surface area contributed by atoms with Gasteiger partial charge in [-0.1, -0.05) is 36.8 Å². The predicted octanol–water partition coefficient (Wildman–Crippen LogP) is 4.28. The van der Waals surface area contributed by atoms with E-state index in [1.807, 2.05) is 18.2 Å². The van der Waals surface area contributed by atoms with E-state index in [1.54, 1.807) is 12.1 Å². The number of halogens is 3. The zero-order chi connectivity index (χ0) is 21.3. The molecule has 2 N–H and O–H groups in total. The van der Waals surface area contributed by atoms with E-state index < -0.39 is 23.3 Å². The summed E-state index contributed by atoms with van der Waals surface area (Å²) in [5.41, 5.74) is 5.35. The molecule has 4 nitrogen and oxygen atoms in total. The van der Waals surface area contributed by atoms with E-state index in [0.717, 1.165) is 37.5 Å². The normalized spacial score (nSPS) is 22.5. The van der Waals surface area contributed by atoms with E-state index >= 15 is 0 Å². The fourth-order valence-electron chi connectivity index (χ4n) is 4.26. The number of nitrogens with two attached hydrogens (primary N) is 1. The van der Waals surface area contributed by atoms with Crippen LogP contribution in [0.4, 0.5) is 13.2 Å². The first-order chi connectivity index (χ1) is 14.4. The molecule has 1 aliphatic carbocycles. The quantitative estimate of drug-likeness (QED) is 0.766. The van der Waals surface area contributed by atoms with Crippen molar-refractivity contribution in [1.82, 2.24) is 5.01 Å². The number of hydrogen-bond acceptors (Lipinski definition) is 3. The lowest BCUT2D eigenvalue weighted by atomic mass is 9.78. The molecule has 0 spiro atoms. The molecule has 1 aliphatic heterocycles. The summed E-state index contributed by atoms with van der Waals surface area (Å²) in [4.78, 5) is 13.3. The smallest absolute Gasteiger partial charge is 0.246 e. The van der Waals surface area contributed by atoms with Gasteiger partial charge < -0.3 is 5.73 Å². The van der Waals surface area contributed by atoms with E-state index in [4.69, 9.17) is 5.73 Å². The highest BCUT2D eigenvalue weighted by Gasteiger charge is 2.50. The second kappa shape index (κ2) is 8.22. The highest BCUT2D eigenvalue weighted by Crippen LogP contribution is 2.45. The number of alkyl halides is 1. The minimum Gasteiger partial charge on any atom is -0.328 e. The van der Waals surface area contributed by atoms with Crippen LogP contribution in [0.2, 0.25) is 0 Å². The molecule has 7 heteroatoms. The van der Waals surface area contributed by atoms with Crippen LogP contribution in [0.3, 0.4) is 0 Å². The van der Waals surface area contributed by atoms with E-state index in [2.05, 4.69) is 5.10 Å². The predicted molar refractivity (Wildman–Crippen MR) is 108 cm³/mol. The largest absolute Gasteiger partial charge is 0.328 e. The zero-order valence-corrected chi connectivity index (χ0v) is 16.5. The van der Waals surface area contributed by atoms with Crippen LogP contribution in [0.5, 0.6) is 0 Å².